The van der Waals surface area contributed by atoms with Gasteiger partial charge in [-0.25, -0.2) is 0 Å². The molecule has 2 heteroatoms. The first-order valence-electron chi connectivity index (χ1n) is 3.30. The Morgan fingerprint density at radius 2 is 2.36 bits per heavy atom. The van der Waals surface area contributed by atoms with Crippen molar-refractivity contribution in [2.24, 2.45) is 0 Å². The molecule has 2 aromatic rings. The predicted octanol–water partition coefficient (Wildman–Crippen LogP) is 2.14. The number of aromatic nitrogens is 1. The van der Waals surface area contributed by atoms with Crippen LogP contribution in [0.3, 0.4) is 0 Å². The Kier molecular flexibility index (Phi) is 1.44. The van der Waals surface area contributed by atoms with Crippen LogP contribution in [0.5, 0.6) is 0 Å². The molecule has 0 aliphatic rings. The summed E-state index contributed by atoms with van der Waals surface area (Å²) in [6.45, 7) is 0. The van der Waals surface area contributed by atoms with E-state index in [1.165, 1.54) is 0 Å². The summed E-state index contributed by atoms with van der Waals surface area (Å²) in [4.78, 5) is 3.94. The molecule has 0 saturated carbocycles. The normalized spacial score (nSPS) is 9.82. The number of furan rings is 1. The molecule has 0 atom stereocenters. The van der Waals surface area contributed by atoms with Crippen molar-refractivity contribution in [2.45, 2.75) is 0 Å². The van der Waals surface area contributed by atoms with Crippen molar-refractivity contribution in [3.8, 4) is 11.1 Å². The highest BCUT2D eigenvalue weighted by molar-refractivity contribution is 5.60. The number of nitrogens with zero attached hydrogens (tertiary/aromatic N) is 1. The fourth-order valence-electron chi connectivity index (χ4n) is 0.912. The van der Waals surface area contributed by atoms with E-state index in [9.17, 15) is 0 Å². The molecule has 0 saturated heterocycles. The molecule has 0 aliphatic carbocycles. The zero-order valence-corrected chi connectivity index (χ0v) is 5.82. The molecule has 11 heavy (non-hydrogen) atoms. The van der Waals surface area contributed by atoms with Gasteiger partial charge in [-0.3, -0.25) is 4.98 Å². The highest BCUT2D eigenvalue weighted by atomic mass is 16.3. The van der Waals surface area contributed by atoms with Gasteiger partial charge in [0.2, 0.25) is 0 Å². The van der Waals surface area contributed by atoms with Crippen molar-refractivity contribution >= 4 is 0 Å². The van der Waals surface area contributed by atoms with Gasteiger partial charge in [0.15, 0.2) is 0 Å². The lowest BCUT2D eigenvalue weighted by Crippen LogP contribution is -1.74. The summed E-state index contributed by atoms with van der Waals surface area (Å²) in [5.41, 5.74) is 2.07. The molecule has 0 spiro atoms. The summed E-state index contributed by atoms with van der Waals surface area (Å²) in [6.07, 6.45) is 6.73. The highest BCUT2D eigenvalue weighted by Gasteiger charge is 1.95. The highest BCUT2D eigenvalue weighted by Crippen LogP contribution is 2.16. The smallest absolute Gasteiger partial charge is 0.0981 e. The molecule has 0 N–H and O–H groups in total. The number of hydrogen-bond acceptors (Lipinski definition) is 2. The maximum Gasteiger partial charge on any atom is 0.0981 e. The maximum absolute atomic E-state index is 4.93. The van der Waals surface area contributed by atoms with Crippen molar-refractivity contribution in [2.75, 3.05) is 0 Å². The maximum atomic E-state index is 4.93. The van der Waals surface area contributed by atoms with Crippen molar-refractivity contribution in [1.29, 1.82) is 0 Å². The third-order valence-electron chi connectivity index (χ3n) is 1.46. The van der Waals surface area contributed by atoms with Gasteiger partial charge in [-0.2, -0.15) is 0 Å². The van der Waals surface area contributed by atoms with E-state index in [0.29, 0.717) is 0 Å². The summed E-state index contributed by atoms with van der Waals surface area (Å²) in [6, 6.07) is 6.66. The van der Waals surface area contributed by atoms with Gasteiger partial charge in [0, 0.05) is 29.6 Å². The molecule has 2 rings (SSSR count). The third kappa shape index (κ3) is 1.15. The monoisotopic (exact) mass is 144 g/mol. The second-order valence-corrected chi connectivity index (χ2v) is 2.19. The second kappa shape index (κ2) is 2.58. The first kappa shape index (κ1) is 6.16. The van der Waals surface area contributed by atoms with Gasteiger partial charge in [-0.1, -0.05) is 0 Å². The Morgan fingerprint density at radius 1 is 1.36 bits per heavy atom. The number of hydrogen-bond donors (Lipinski definition) is 0. The molecule has 0 aliphatic heterocycles. The van der Waals surface area contributed by atoms with E-state index in [2.05, 4.69) is 11.1 Å². The summed E-state index contributed by atoms with van der Waals surface area (Å²) in [7, 11) is 0. The average molecular weight is 144 g/mol. The van der Waals surface area contributed by atoms with E-state index in [0.717, 1.165) is 11.1 Å². The van der Waals surface area contributed by atoms with E-state index in [4.69, 9.17) is 4.42 Å². The van der Waals surface area contributed by atoms with Gasteiger partial charge < -0.3 is 4.42 Å². The molecule has 53 valence electrons. The van der Waals surface area contributed by atoms with E-state index in [1.807, 2.05) is 12.1 Å². The zero-order valence-electron chi connectivity index (χ0n) is 5.82. The van der Waals surface area contributed by atoms with Gasteiger partial charge >= 0.3 is 0 Å². The zero-order chi connectivity index (χ0) is 7.52. The topological polar surface area (TPSA) is 26.0 Å². The van der Waals surface area contributed by atoms with Gasteiger partial charge in [0.05, 0.1) is 12.5 Å². The van der Waals surface area contributed by atoms with Crippen molar-refractivity contribution in [1.82, 2.24) is 4.98 Å². The number of rotatable bonds is 1. The molecule has 2 heterocycles. The third-order valence-corrected chi connectivity index (χ3v) is 1.46. The molecule has 0 unspecified atom stereocenters. The predicted molar refractivity (Wildman–Crippen MR) is 40.8 cm³/mol. The minimum absolute atomic E-state index is 1.03. The first-order chi connectivity index (χ1) is 5.47. The average Bonchev–Trinajstić information content (AvgIpc) is 2.58. The SMILES string of the molecule is [c]1cncc(-c2ccoc2)c1. The molecular formula is C9H6NO. The molecule has 2 nitrogen and oxygen atoms in total. The summed E-state index contributed by atoms with van der Waals surface area (Å²) in [5.74, 6) is 0. The lowest BCUT2D eigenvalue weighted by atomic mass is 10.2. The van der Waals surface area contributed by atoms with E-state index < -0.39 is 0 Å². The molecule has 0 bridgehead atoms. The summed E-state index contributed by atoms with van der Waals surface area (Å²) >= 11 is 0. The lowest BCUT2D eigenvalue weighted by molar-refractivity contribution is 0.568. The second-order valence-electron chi connectivity index (χ2n) is 2.19. The van der Waals surface area contributed by atoms with Crippen molar-refractivity contribution in [3.63, 3.8) is 0 Å². The van der Waals surface area contributed by atoms with Crippen LogP contribution in [0.2, 0.25) is 0 Å². The lowest BCUT2D eigenvalue weighted by Gasteiger charge is -1.91. The Balaban J connectivity index is 2.46. The van der Waals surface area contributed by atoms with Crippen LogP contribution in [0.15, 0.2) is 41.5 Å². The molecule has 2 aromatic heterocycles. The summed E-state index contributed by atoms with van der Waals surface area (Å²) < 4.78 is 4.93. The fourth-order valence-corrected chi connectivity index (χ4v) is 0.912. The minimum Gasteiger partial charge on any atom is -0.472 e. The fraction of sp³-hybridized carbons (Fsp3) is 0. The molecule has 0 amide bonds. The van der Waals surface area contributed by atoms with Crippen LogP contribution in [0.4, 0.5) is 0 Å². The van der Waals surface area contributed by atoms with Crippen LogP contribution >= 0.6 is 0 Å². The molecular weight excluding hydrogens is 138 g/mol. The Bertz CT molecular complexity index is 313. The Labute approximate surface area is 64.5 Å². The quantitative estimate of drug-likeness (QED) is 0.612. The van der Waals surface area contributed by atoms with Crippen LogP contribution in [-0.2, 0) is 0 Å². The summed E-state index contributed by atoms with van der Waals surface area (Å²) in [5, 5.41) is 0. The van der Waals surface area contributed by atoms with Crippen LogP contribution in [0, 0.1) is 6.07 Å². The van der Waals surface area contributed by atoms with Gasteiger partial charge in [-0.05, 0) is 12.1 Å². The van der Waals surface area contributed by atoms with Crippen LogP contribution in [-0.4, -0.2) is 4.98 Å². The van der Waals surface area contributed by atoms with Gasteiger partial charge in [0.1, 0.15) is 0 Å². The molecule has 1 radical (unpaired) electrons. The van der Waals surface area contributed by atoms with Crippen LogP contribution in [0.1, 0.15) is 0 Å². The first-order valence-corrected chi connectivity index (χ1v) is 3.30. The Morgan fingerprint density at radius 3 is 3.00 bits per heavy atom. The molecule has 0 aromatic carbocycles. The van der Waals surface area contributed by atoms with E-state index in [1.54, 1.807) is 24.9 Å². The standard InChI is InChI=1S/C9H6NO/c1-2-8(6-10-4-1)9-3-5-11-7-9/h2-7H. The van der Waals surface area contributed by atoms with E-state index >= 15 is 0 Å². The van der Waals surface area contributed by atoms with Gasteiger partial charge in [0.25, 0.3) is 0 Å². The molecule has 0 fully saturated rings. The minimum atomic E-state index is 1.03. The van der Waals surface area contributed by atoms with E-state index in [-0.39, 0.29) is 0 Å². The van der Waals surface area contributed by atoms with Crippen LogP contribution in [0.25, 0.3) is 11.1 Å². The number of pyridine rings is 1. The Hall–Kier alpha value is -1.57. The largest absolute Gasteiger partial charge is 0.472 e. The van der Waals surface area contributed by atoms with Gasteiger partial charge in [-0.15, -0.1) is 0 Å². The van der Waals surface area contributed by atoms with Crippen molar-refractivity contribution in [3.05, 3.63) is 43.1 Å². The van der Waals surface area contributed by atoms with Crippen molar-refractivity contribution < 1.29 is 4.42 Å². The van der Waals surface area contributed by atoms with Crippen LogP contribution < -0.4 is 0 Å².